The predicted octanol–water partition coefficient (Wildman–Crippen LogP) is 3.68. The second-order valence-corrected chi connectivity index (χ2v) is 11.4. The summed E-state index contributed by atoms with van der Waals surface area (Å²) in [5, 5.41) is -0.277. The number of carbonyl (C=O) groups excluding carboxylic acids is 1. The minimum Gasteiger partial charge on any atom is -0.477 e. The maximum atomic E-state index is 13.6. The van der Waals surface area contributed by atoms with Gasteiger partial charge in [0.15, 0.2) is 5.03 Å². The first-order valence-corrected chi connectivity index (χ1v) is 15.1. The molecule has 2 aromatic heterocycles. The van der Waals surface area contributed by atoms with Crippen LogP contribution >= 0.6 is 0 Å². The summed E-state index contributed by atoms with van der Waals surface area (Å²) in [4.78, 5) is 25.0. The van der Waals surface area contributed by atoms with Crippen LogP contribution in [0.5, 0.6) is 5.88 Å². The number of ether oxygens (including phenoxy) is 1. The number of benzene rings is 1. The second-order valence-electron chi connectivity index (χ2n) is 9.69. The van der Waals surface area contributed by atoms with E-state index in [1.54, 1.807) is 42.3 Å². The number of halogens is 4. The molecule has 10 nitrogen and oxygen atoms in total. The number of nitrogens with zero attached hydrogens (tertiary/aromatic N) is 4. The summed E-state index contributed by atoms with van der Waals surface area (Å²) in [7, 11) is -4.17. The van der Waals surface area contributed by atoms with Crippen molar-refractivity contribution in [1.82, 2.24) is 19.6 Å². The van der Waals surface area contributed by atoms with Crippen molar-refractivity contribution in [1.29, 1.82) is 0 Å². The monoisotopic (exact) mass is 624 g/mol. The number of hydrogen-bond acceptors (Lipinski definition) is 8. The molecular formula is C28H32F4N6O4S. The molecule has 3 heterocycles. The van der Waals surface area contributed by atoms with Gasteiger partial charge >= 0.3 is 6.18 Å². The highest BCUT2D eigenvalue weighted by atomic mass is 32.2. The Bertz CT molecular complexity index is 1570. The van der Waals surface area contributed by atoms with E-state index in [1.807, 2.05) is 6.92 Å². The van der Waals surface area contributed by atoms with Gasteiger partial charge in [0, 0.05) is 45.0 Å². The lowest BCUT2D eigenvalue weighted by molar-refractivity contribution is -0.138. The van der Waals surface area contributed by atoms with Gasteiger partial charge in [0.1, 0.15) is 5.82 Å². The van der Waals surface area contributed by atoms with E-state index in [0.29, 0.717) is 30.4 Å². The summed E-state index contributed by atoms with van der Waals surface area (Å²) in [6, 6.07) is 8.09. The van der Waals surface area contributed by atoms with E-state index in [2.05, 4.69) is 14.7 Å². The van der Waals surface area contributed by atoms with Gasteiger partial charge in [-0.3, -0.25) is 4.79 Å². The first kappa shape index (κ1) is 32.1. The number of piperazine rings is 1. The van der Waals surface area contributed by atoms with Crippen molar-refractivity contribution in [3.8, 4) is 17.1 Å². The second kappa shape index (κ2) is 13.2. The topological polar surface area (TPSA) is 131 Å². The van der Waals surface area contributed by atoms with Gasteiger partial charge in [-0.25, -0.2) is 27.5 Å². The quantitative estimate of drug-likeness (QED) is 0.327. The maximum absolute atomic E-state index is 13.6. The molecule has 1 amide bonds. The van der Waals surface area contributed by atoms with E-state index in [4.69, 9.17) is 10.5 Å². The third-order valence-corrected chi connectivity index (χ3v) is 8.32. The van der Waals surface area contributed by atoms with Crippen LogP contribution in [0.15, 0.2) is 53.7 Å². The van der Waals surface area contributed by atoms with Crippen molar-refractivity contribution in [2.24, 2.45) is 5.73 Å². The predicted molar refractivity (Wildman–Crippen MR) is 152 cm³/mol. The summed E-state index contributed by atoms with van der Waals surface area (Å²) >= 11 is 0. The number of nitrogens with two attached hydrogens (primary N) is 1. The van der Waals surface area contributed by atoms with E-state index in [-0.39, 0.29) is 49.3 Å². The maximum Gasteiger partial charge on any atom is 0.417 e. The zero-order valence-electron chi connectivity index (χ0n) is 23.6. The summed E-state index contributed by atoms with van der Waals surface area (Å²) < 4.78 is 89.4. The van der Waals surface area contributed by atoms with Crippen molar-refractivity contribution in [3.63, 3.8) is 0 Å². The fourth-order valence-corrected chi connectivity index (χ4v) is 6.12. The number of aromatic nitrogens is 2. The first-order chi connectivity index (χ1) is 20.4. The number of hydrogen-bond donors (Lipinski definition) is 2. The number of carbonyl (C=O) groups is 1. The first-order valence-electron chi connectivity index (χ1n) is 13.6. The summed E-state index contributed by atoms with van der Waals surface area (Å²) in [5.74, 6) is -1.72. The molecule has 0 aliphatic carbocycles. The molecule has 1 saturated heterocycles. The number of pyridine rings is 2. The summed E-state index contributed by atoms with van der Waals surface area (Å²) in [6.45, 7) is 4.03. The molecular weight excluding hydrogens is 592 g/mol. The van der Waals surface area contributed by atoms with Crippen LogP contribution in [-0.2, 0) is 16.2 Å². The summed E-state index contributed by atoms with van der Waals surface area (Å²) in [6.07, 6.45) is -2.96. The van der Waals surface area contributed by atoms with Crippen LogP contribution in [0.2, 0.25) is 0 Å². The standard InChI is InChI=1S/C28H32F4N6O4S/c1-3-19-17-37(27(39)20-8-7-18(29)16-22(20)28(30,31)32)14-15-38(19)24-10-9-23(21-6-5-12-34-25(21)42-4-2)36-26(24)43(40,41)35-13-11-33/h5-10,12,16,19,35H,3-4,11,13-15,17,33H2,1-2H3/t19-/m1/s1. The molecule has 1 fully saturated rings. The van der Waals surface area contributed by atoms with Crippen molar-refractivity contribution in [2.45, 2.75) is 37.5 Å². The SMILES string of the molecule is CCOc1ncccc1-c1ccc(N2CCN(C(=O)c3ccc(F)cc3C(F)(F)F)C[C@H]2CC)c(S(=O)(=O)NCCN)n1. The number of amides is 1. The van der Waals surface area contributed by atoms with Crippen LogP contribution in [0.25, 0.3) is 11.3 Å². The molecule has 1 aliphatic rings. The van der Waals surface area contributed by atoms with Crippen molar-refractivity contribution >= 4 is 21.6 Å². The van der Waals surface area contributed by atoms with Crippen LogP contribution in [0.3, 0.4) is 0 Å². The van der Waals surface area contributed by atoms with E-state index in [0.717, 1.165) is 12.1 Å². The van der Waals surface area contributed by atoms with Gasteiger partial charge in [-0.15, -0.1) is 0 Å². The van der Waals surface area contributed by atoms with Crippen molar-refractivity contribution in [3.05, 3.63) is 65.6 Å². The molecule has 15 heteroatoms. The molecule has 232 valence electrons. The number of nitrogens with one attached hydrogen (secondary N) is 1. The molecule has 43 heavy (non-hydrogen) atoms. The Kier molecular flexibility index (Phi) is 9.87. The third-order valence-electron chi connectivity index (χ3n) is 6.93. The van der Waals surface area contributed by atoms with E-state index < -0.39 is 45.1 Å². The Morgan fingerprint density at radius 2 is 1.93 bits per heavy atom. The number of anilines is 1. The summed E-state index contributed by atoms with van der Waals surface area (Å²) in [5.41, 5.74) is 4.57. The van der Waals surface area contributed by atoms with Crippen LogP contribution in [0.4, 0.5) is 23.2 Å². The average molecular weight is 625 g/mol. The van der Waals surface area contributed by atoms with Crippen LogP contribution in [0.1, 0.15) is 36.2 Å². The number of rotatable bonds is 10. The van der Waals surface area contributed by atoms with Gasteiger partial charge in [-0.05, 0) is 55.8 Å². The van der Waals surface area contributed by atoms with Gasteiger partial charge in [0.25, 0.3) is 15.9 Å². The number of sulfonamides is 1. The van der Waals surface area contributed by atoms with Crippen LogP contribution in [-0.4, -0.2) is 74.6 Å². The van der Waals surface area contributed by atoms with E-state index in [1.165, 1.54) is 4.90 Å². The largest absolute Gasteiger partial charge is 0.477 e. The average Bonchev–Trinajstić information content (AvgIpc) is 2.99. The van der Waals surface area contributed by atoms with Gasteiger partial charge in [-0.2, -0.15) is 13.2 Å². The third kappa shape index (κ3) is 7.05. The molecule has 3 N–H and O–H groups in total. The lowest BCUT2D eigenvalue weighted by Crippen LogP contribution is -2.55. The smallest absolute Gasteiger partial charge is 0.417 e. The molecule has 0 bridgehead atoms. The van der Waals surface area contributed by atoms with E-state index >= 15 is 0 Å². The van der Waals surface area contributed by atoms with Gasteiger partial charge in [0.05, 0.1) is 34.7 Å². The van der Waals surface area contributed by atoms with Gasteiger partial charge in [-0.1, -0.05) is 6.92 Å². The van der Waals surface area contributed by atoms with E-state index in [9.17, 15) is 30.8 Å². The molecule has 3 aromatic rings. The fourth-order valence-electron chi connectivity index (χ4n) is 4.91. The zero-order chi connectivity index (χ0) is 31.4. The Hall–Kier alpha value is -3.82. The normalized spacial score (nSPS) is 15.9. The molecule has 4 rings (SSSR count). The molecule has 0 saturated carbocycles. The Labute approximate surface area is 246 Å². The zero-order valence-corrected chi connectivity index (χ0v) is 24.4. The molecule has 0 spiro atoms. The highest BCUT2D eigenvalue weighted by Crippen LogP contribution is 2.36. The lowest BCUT2D eigenvalue weighted by Gasteiger charge is -2.43. The molecule has 1 atom stereocenters. The fraction of sp³-hybridized carbons (Fsp3) is 0.393. The van der Waals surface area contributed by atoms with Gasteiger partial charge in [0.2, 0.25) is 5.88 Å². The highest BCUT2D eigenvalue weighted by Gasteiger charge is 2.39. The molecule has 0 unspecified atom stereocenters. The van der Waals surface area contributed by atoms with Crippen molar-refractivity contribution < 1.29 is 35.5 Å². The highest BCUT2D eigenvalue weighted by molar-refractivity contribution is 7.89. The molecule has 1 aromatic carbocycles. The molecule has 1 aliphatic heterocycles. The number of alkyl halides is 3. The molecule has 0 radical (unpaired) electrons. The lowest BCUT2D eigenvalue weighted by atomic mass is 10.0. The minimum absolute atomic E-state index is 0.00142. The van der Waals surface area contributed by atoms with Crippen molar-refractivity contribution in [2.75, 3.05) is 44.2 Å². The Balaban J connectivity index is 1.71. The van der Waals surface area contributed by atoms with Gasteiger partial charge < -0.3 is 20.3 Å². The minimum atomic E-state index is -4.93. The van der Waals surface area contributed by atoms with Crippen LogP contribution < -0.4 is 20.1 Å². The Morgan fingerprint density at radius 3 is 2.60 bits per heavy atom. The Morgan fingerprint density at radius 1 is 1.16 bits per heavy atom. The van der Waals surface area contributed by atoms with Crippen LogP contribution in [0, 0.1) is 5.82 Å².